The maximum atomic E-state index is 14.4. The molecule has 9 heteroatoms. The van der Waals surface area contributed by atoms with Gasteiger partial charge in [0.15, 0.2) is 0 Å². The minimum absolute atomic E-state index is 0.0934. The van der Waals surface area contributed by atoms with Crippen LogP contribution < -0.4 is 0 Å². The third-order valence-corrected chi connectivity index (χ3v) is 6.23. The molecule has 2 aromatic carbocycles. The number of hydrogen-bond acceptors (Lipinski definition) is 6. The quantitative estimate of drug-likeness (QED) is 0.473. The fraction of sp³-hybridized carbons (Fsp3) is 0.308. The van der Waals surface area contributed by atoms with Crippen molar-refractivity contribution in [3.8, 4) is 17.1 Å². The van der Waals surface area contributed by atoms with Crippen LogP contribution in [0.5, 0.6) is 0 Å². The van der Waals surface area contributed by atoms with Gasteiger partial charge in [0.2, 0.25) is 0 Å². The summed E-state index contributed by atoms with van der Waals surface area (Å²) < 4.78 is 21.3. The summed E-state index contributed by atoms with van der Waals surface area (Å²) in [6.07, 6.45) is 3.07. The van der Waals surface area contributed by atoms with Crippen molar-refractivity contribution in [2.24, 2.45) is 0 Å². The zero-order valence-electron chi connectivity index (χ0n) is 19.6. The average Bonchev–Trinajstić information content (AvgIpc) is 3.28. The predicted molar refractivity (Wildman–Crippen MR) is 129 cm³/mol. The molecule has 1 N–H and O–H groups in total. The first-order valence-corrected chi connectivity index (χ1v) is 11.6. The summed E-state index contributed by atoms with van der Waals surface area (Å²) in [5, 5.41) is 15.5. The van der Waals surface area contributed by atoms with Crippen molar-refractivity contribution in [1.82, 2.24) is 24.6 Å². The Bertz CT molecular complexity index is 1380. The molecule has 1 saturated heterocycles. The number of carbonyl (C=O) groups is 1. The Morgan fingerprint density at radius 3 is 2.57 bits per heavy atom. The van der Waals surface area contributed by atoms with Gasteiger partial charge in [0.1, 0.15) is 5.82 Å². The standard InChI is InChI=1S/C26H26FN5O3/c1-3-17-4-7-22(27)21(12-17)19-14-28-26(29-15-19)32-23-13-18(25(34)31-8-10-35-11-9-31)5-6-20(23)24(30-32)16(2)33/h4-7,12-16,33H,3,8-11H2,1-2H3. The van der Waals surface area contributed by atoms with Crippen LogP contribution in [0.1, 0.15) is 41.6 Å². The molecular weight excluding hydrogens is 449 g/mol. The average molecular weight is 476 g/mol. The summed E-state index contributed by atoms with van der Waals surface area (Å²) in [5.74, 6) is -0.177. The number of rotatable bonds is 5. The van der Waals surface area contributed by atoms with E-state index in [9.17, 15) is 14.3 Å². The Labute approximate surface area is 202 Å². The van der Waals surface area contributed by atoms with Crippen LogP contribution in [0.3, 0.4) is 0 Å². The summed E-state index contributed by atoms with van der Waals surface area (Å²) in [5.41, 5.74) is 3.57. The van der Waals surface area contributed by atoms with Crippen LogP contribution >= 0.6 is 0 Å². The monoisotopic (exact) mass is 475 g/mol. The van der Waals surface area contributed by atoms with Crippen molar-refractivity contribution < 1.29 is 19.0 Å². The van der Waals surface area contributed by atoms with E-state index in [0.717, 1.165) is 12.0 Å². The Balaban J connectivity index is 1.55. The van der Waals surface area contributed by atoms with Crippen LogP contribution in [0.4, 0.5) is 4.39 Å². The van der Waals surface area contributed by atoms with Crippen LogP contribution in [-0.4, -0.2) is 62.0 Å². The summed E-state index contributed by atoms with van der Waals surface area (Å²) in [6.45, 7) is 5.74. The molecule has 1 unspecified atom stereocenters. The third-order valence-electron chi connectivity index (χ3n) is 6.23. The number of aryl methyl sites for hydroxylation is 1. The number of carbonyl (C=O) groups excluding carboxylic acids is 1. The Kier molecular flexibility index (Phi) is 6.27. The van der Waals surface area contributed by atoms with Crippen molar-refractivity contribution in [3.63, 3.8) is 0 Å². The molecule has 0 radical (unpaired) electrons. The Morgan fingerprint density at radius 2 is 1.89 bits per heavy atom. The van der Waals surface area contributed by atoms with Gasteiger partial charge in [-0.1, -0.05) is 19.1 Å². The molecule has 8 nitrogen and oxygen atoms in total. The second-order valence-corrected chi connectivity index (χ2v) is 8.55. The van der Waals surface area contributed by atoms with Crippen molar-refractivity contribution in [2.45, 2.75) is 26.4 Å². The molecule has 4 aromatic rings. The number of amides is 1. The lowest BCUT2D eigenvalue weighted by Crippen LogP contribution is -2.40. The van der Waals surface area contributed by atoms with E-state index in [1.165, 1.54) is 10.7 Å². The first-order chi connectivity index (χ1) is 17.0. The van der Waals surface area contributed by atoms with Gasteiger partial charge in [0.25, 0.3) is 11.9 Å². The van der Waals surface area contributed by atoms with Gasteiger partial charge in [0, 0.05) is 47.6 Å². The molecule has 1 amide bonds. The number of aromatic nitrogens is 4. The summed E-state index contributed by atoms with van der Waals surface area (Å²) in [4.78, 5) is 23.7. The van der Waals surface area contributed by atoms with E-state index < -0.39 is 6.10 Å². The van der Waals surface area contributed by atoms with Crippen LogP contribution in [0.25, 0.3) is 28.0 Å². The summed E-state index contributed by atoms with van der Waals surface area (Å²) in [7, 11) is 0. The number of aliphatic hydroxyl groups is 1. The van der Waals surface area contributed by atoms with E-state index in [2.05, 4.69) is 15.1 Å². The van der Waals surface area contributed by atoms with Gasteiger partial charge >= 0.3 is 0 Å². The summed E-state index contributed by atoms with van der Waals surface area (Å²) >= 11 is 0. The van der Waals surface area contributed by atoms with E-state index in [0.29, 0.717) is 59.6 Å². The lowest BCUT2D eigenvalue weighted by molar-refractivity contribution is 0.0303. The second kappa shape index (κ2) is 9.52. The maximum absolute atomic E-state index is 14.4. The number of morpholine rings is 1. The molecule has 1 aliphatic rings. The number of aliphatic hydroxyl groups excluding tert-OH is 1. The van der Waals surface area contributed by atoms with Gasteiger partial charge < -0.3 is 14.7 Å². The number of ether oxygens (including phenoxy) is 1. The molecule has 0 aliphatic carbocycles. The highest BCUT2D eigenvalue weighted by atomic mass is 19.1. The van der Waals surface area contributed by atoms with Crippen LogP contribution in [0, 0.1) is 5.82 Å². The van der Waals surface area contributed by atoms with E-state index in [-0.39, 0.29) is 17.7 Å². The lowest BCUT2D eigenvalue weighted by Gasteiger charge is -2.26. The largest absolute Gasteiger partial charge is 0.387 e. The highest BCUT2D eigenvalue weighted by Crippen LogP contribution is 2.28. The fourth-order valence-corrected chi connectivity index (χ4v) is 4.27. The zero-order valence-corrected chi connectivity index (χ0v) is 19.6. The zero-order chi connectivity index (χ0) is 24.5. The van der Waals surface area contributed by atoms with Gasteiger partial charge in [-0.2, -0.15) is 9.78 Å². The SMILES string of the molecule is CCc1ccc(F)c(-c2cnc(-n3nc(C(C)O)c4ccc(C(=O)N5CCOCC5)cc43)nc2)c1. The minimum atomic E-state index is -0.829. The first kappa shape index (κ1) is 23.1. The van der Waals surface area contributed by atoms with Gasteiger partial charge in [-0.05, 0) is 43.2 Å². The van der Waals surface area contributed by atoms with Crippen molar-refractivity contribution in [3.05, 3.63) is 71.4 Å². The minimum Gasteiger partial charge on any atom is -0.387 e. The lowest BCUT2D eigenvalue weighted by atomic mass is 10.0. The highest BCUT2D eigenvalue weighted by Gasteiger charge is 2.22. The van der Waals surface area contributed by atoms with Crippen molar-refractivity contribution in [2.75, 3.05) is 26.3 Å². The second-order valence-electron chi connectivity index (χ2n) is 8.55. The van der Waals surface area contributed by atoms with Crippen LogP contribution in [0.2, 0.25) is 0 Å². The van der Waals surface area contributed by atoms with E-state index in [1.54, 1.807) is 54.5 Å². The number of hydrogen-bond donors (Lipinski definition) is 1. The fourth-order valence-electron chi connectivity index (χ4n) is 4.27. The van der Waals surface area contributed by atoms with Crippen molar-refractivity contribution in [1.29, 1.82) is 0 Å². The van der Waals surface area contributed by atoms with Crippen molar-refractivity contribution >= 4 is 16.8 Å². The van der Waals surface area contributed by atoms with E-state index in [4.69, 9.17) is 4.74 Å². The molecule has 2 aromatic heterocycles. The van der Waals surface area contributed by atoms with Crippen LogP contribution in [-0.2, 0) is 11.2 Å². The molecule has 0 spiro atoms. The predicted octanol–water partition coefficient (Wildman–Crippen LogP) is 3.71. The summed E-state index contributed by atoms with van der Waals surface area (Å²) in [6, 6.07) is 10.3. The molecule has 1 fully saturated rings. The molecular formula is C26H26FN5O3. The highest BCUT2D eigenvalue weighted by molar-refractivity contribution is 5.98. The number of nitrogens with zero attached hydrogens (tertiary/aromatic N) is 5. The van der Waals surface area contributed by atoms with E-state index in [1.807, 2.05) is 6.92 Å². The smallest absolute Gasteiger partial charge is 0.254 e. The third kappa shape index (κ3) is 4.40. The van der Waals surface area contributed by atoms with Gasteiger partial charge in [-0.15, -0.1) is 0 Å². The maximum Gasteiger partial charge on any atom is 0.254 e. The number of fused-ring (bicyclic) bond motifs is 1. The molecule has 180 valence electrons. The Hall–Kier alpha value is -3.69. The molecule has 0 bridgehead atoms. The van der Waals surface area contributed by atoms with Gasteiger partial charge in [-0.25, -0.2) is 14.4 Å². The molecule has 0 saturated carbocycles. The molecule has 5 rings (SSSR count). The molecule has 1 atom stereocenters. The number of benzene rings is 2. The normalized spacial score (nSPS) is 14.9. The molecule has 35 heavy (non-hydrogen) atoms. The van der Waals surface area contributed by atoms with E-state index >= 15 is 0 Å². The first-order valence-electron chi connectivity index (χ1n) is 11.6. The van der Waals surface area contributed by atoms with Gasteiger partial charge in [-0.3, -0.25) is 4.79 Å². The molecule has 1 aliphatic heterocycles. The molecule has 3 heterocycles. The van der Waals surface area contributed by atoms with Crippen LogP contribution in [0.15, 0.2) is 48.8 Å². The number of halogens is 1. The van der Waals surface area contributed by atoms with Gasteiger partial charge in [0.05, 0.1) is 30.5 Å². The Morgan fingerprint density at radius 1 is 1.14 bits per heavy atom. The topological polar surface area (TPSA) is 93.4 Å².